The van der Waals surface area contributed by atoms with E-state index in [4.69, 9.17) is 4.74 Å². The quantitative estimate of drug-likeness (QED) is 0.638. The molecule has 3 heteroatoms. The predicted octanol–water partition coefficient (Wildman–Crippen LogP) is 3.55. The summed E-state index contributed by atoms with van der Waals surface area (Å²) in [6.45, 7) is 4.80. The zero-order valence-electron chi connectivity index (χ0n) is 12.7. The van der Waals surface area contributed by atoms with Gasteiger partial charge in [-0.15, -0.1) is 0 Å². The summed E-state index contributed by atoms with van der Waals surface area (Å²) < 4.78 is 5.49. The third kappa shape index (κ3) is 2.39. The lowest BCUT2D eigenvalue weighted by Crippen LogP contribution is -2.37. The molecule has 0 saturated heterocycles. The van der Waals surface area contributed by atoms with Crippen LogP contribution in [0.5, 0.6) is 5.75 Å². The van der Waals surface area contributed by atoms with Gasteiger partial charge in [-0.2, -0.15) is 0 Å². The number of hydrogen-bond donors (Lipinski definition) is 0. The summed E-state index contributed by atoms with van der Waals surface area (Å²) >= 11 is 0. The summed E-state index contributed by atoms with van der Waals surface area (Å²) in [6, 6.07) is 16.0. The molecule has 0 fully saturated rings. The molecule has 0 aromatic heterocycles. The molecule has 3 rings (SSSR count). The van der Waals surface area contributed by atoms with Crippen molar-refractivity contribution in [3.05, 3.63) is 71.8 Å². The fourth-order valence-electron chi connectivity index (χ4n) is 3.16. The van der Waals surface area contributed by atoms with Crippen LogP contribution in [0.1, 0.15) is 17.2 Å². The molecule has 0 bridgehead atoms. The number of fused-ring (bicyclic) bond motifs is 1. The SMILES string of the molecule is C=C(C=O)[C@@H]1c2ccccc2CCN1c1ccccc1OC. The van der Waals surface area contributed by atoms with Crippen molar-refractivity contribution in [1.82, 2.24) is 0 Å². The first-order valence-corrected chi connectivity index (χ1v) is 7.37. The van der Waals surface area contributed by atoms with Gasteiger partial charge in [-0.25, -0.2) is 0 Å². The van der Waals surface area contributed by atoms with E-state index in [9.17, 15) is 4.79 Å². The minimum atomic E-state index is -0.140. The van der Waals surface area contributed by atoms with E-state index in [1.165, 1.54) is 5.56 Å². The van der Waals surface area contributed by atoms with Gasteiger partial charge < -0.3 is 9.64 Å². The number of hydrogen-bond acceptors (Lipinski definition) is 3. The molecule has 1 heterocycles. The number of anilines is 1. The number of aldehydes is 1. The highest BCUT2D eigenvalue weighted by Gasteiger charge is 2.30. The first-order chi connectivity index (χ1) is 10.8. The number of rotatable bonds is 4. The average Bonchev–Trinajstić information content (AvgIpc) is 2.60. The van der Waals surface area contributed by atoms with Crippen molar-refractivity contribution in [2.24, 2.45) is 0 Å². The van der Waals surface area contributed by atoms with Crippen LogP contribution in [0.2, 0.25) is 0 Å². The van der Waals surface area contributed by atoms with E-state index in [2.05, 4.69) is 23.6 Å². The molecule has 2 aromatic rings. The van der Waals surface area contributed by atoms with E-state index < -0.39 is 0 Å². The molecule has 0 unspecified atom stereocenters. The molecule has 112 valence electrons. The minimum absolute atomic E-state index is 0.140. The van der Waals surface area contributed by atoms with Crippen LogP contribution in [0.4, 0.5) is 5.69 Å². The van der Waals surface area contributed by atoms with Gasteiger partial charge in [0, 0.05) is 12.1 Å². The van der Waals surface area contributed by atoms with Crippen LogP contribution in [0.25, 0.3) is 0 Å². The topological polar surface area (TPSA) is 29.5 Å². The Kier molecular flexibility index (Phi) is 3.96. The van der Waals surface area contributed by atoms with Crippen LogP contribution in [-0.2, 0) is 11.2 Å². The Morgan fingerprint density at radius 3 is 2.73 bits per heavy atom. The van der Waals surface area contributed by atoms with Crippen molar-refractivity contribution >= 4 is 12.0 Å². The Morgan fingerprint density at radius 1 is 1.23 bits per heavy atom. The smallest absolute Gasteiger partial charge is 0.147 e. The van der Waals surface area contributed by atoms with Gasteiger partial charge in [0.1, 0.15) is 12.0 Å². The molecule has 3 nitrogen and oxygen atoms in total. The fraction of sp³-hybridized carbons (Fsp3) is 0.211. The maximum absolute atomic E-state index is 11.4. The van der Waals surface area contributed by atoms with Crippen LogP contribution in [0, 0.1) is 0 Å². The first kappa shape index (κ1) is 14.4. The number of benzene rings is 2. The molecule has 0 N–H and O–H groups in total. The molecule has 2 aromatic carbocycles. The molecule has 0 radical (unpaired) electrons. The zero-order valence-corrected chi connectivity index (χ0v) is 12.7. The first-order valence-electron chi connectivity index (χ1n) is 7.37. The lowest BCUT2D eigenvalue weighted by molar-refractivity contribution is -0.105. The third-order valence-electron chi connectivity index (χ3n) is 4.18. The molecule has 0 aliphatic carbocycles. The van der Waals surface area contributed by atoms with E-state index >= 15 is 0 Å². The number of methoxy groups -OCH3 is 1. The molecule has 1 aliphatic rings. The van der Waals surface area contributed by atoms with Crippen LogP contribution < -0.4 is 9.64 Å². The fourth-order valence-corrected chi connectivity index (χ4v) is 3.16. The van der Waals surface area contributed by atoms with Gasteiger partial charge in [0.15, 0.2) is 0 Å². The van der Waals surface area contributed by atoms with Gasteiger partial charge in [0.2, 0.25) is 0 Å². The second-order valence-corrected chi connectivity index (χ2v) is 5.41. The number of nitrogens with zero attached hydrogens (tertiary/aromatic N) is 1. The number of carbonyl (C=O) groups excluding carboxylic acids is 1. The Hall–Kier alpha value is -2.55. The predicted molar refractivity (Wildman–Crippen MR) is 88.4 cm³/mol. The van der Waals surface area contributed by atoms with E-state index in [1.54, 1.807) is 7.11 Å². The molecular weight excluding hydrogens is 274 g/mol. The lowest BCUT2D eigenvalue weighted by atomic mass is 9.88. The summed E-state index contributed by atoms with van der Waals surface area (Å²) in [5.74, 6) is 0.811. The molecule has 0 spiro atoms. The standard InChI is InChI=1S/C19H19NO2/c1-14(13-21)19-16-8-4-3-7-15(16)11-12-20(19)17-9-5-6-10-18(17)22-2/h3-10,13,19H,1,11-12H2,2H3/t19-/m1/s1. The molecule has 22 heavy (non-hydrogen) atoms. The summed E-state index contributed by atoms with van der Waals surface area (Å²) in [5, 5.41) is 0. The Balaban J connectivity index is 2.11. The molecular formula is C19H19NO2. The second-order valence-electron chi connectivity index (χ2n) is 5.41. The second kappa shape index (κ2) is 6.06. The van der Waals surface area contributed by atoms with Crippen LogP contribution in [-0.4, -0.2) is 19.9 Å². The summed E-state index contributed by atoms with van der Waals surface area (Å²) in [4.78, 5) is 13.6. The van der Waals surface area contributed by atoms with Crippen LogP contribution in [0.15, 0.2) is 60.7 Å². The van der Waals surface area contributed by atoms with Crippen molar-refractivity contribution in [1.29, 1.82) is 0 Å². The van der Waals surface area contributed by atoms with Crippen LogP contribution in [0.3, 0.4) is 0 Å². The summed E-state index contributed by atoms with van der Waals surface area (Å²) in [5.41, 5.74) is 3.99. The van der Waals surface area contributed by atoms with Crippen LogP contribution >= 0.6 is 0 Å². The van der Waals surface area contributed by atoms with Gasteiger partial charge in [-0.1, -0.05) is 43.0 Å². The highest BCUT2D eigenvalue weighted by atomic mass is 16.5. The van der Waals surface area contributed by atoms with Crippen molar-refractivity contribution in [3.63, 3.8) is 0 Å². The average molecular weight is 293 g/mol. The zero-order chi connectivity index (χ0) is 15.5. The number of para-hydroxylation sites is 2. The van der Waals surface area contributed by atoms with Gasteiger partial charge in [0.05, 0.1) is 18.8 Å². The Labute approximate surface area is 130 Å². The van der Waals surface area contributed by atoms with Crippen molar-refractivity contribution in [2.45, 2.75) is 12.5 Å². The molecule has 0 amide bonds. The monoisotopic (exact) mass is 293 g/mol. The Bertz CT molecular complexity index is 708. The third-order valence-corrected chi connectivity index (χ3v) is 4.18. The maximum atomic E-state index is 11.4. The highest BCUT2D eigenvalue weighted by molar-refractivity contribution is 5.78. The Morgan fingerprint density at radius 2 is 1.95 bits per heavy atom. The van der Waals surface area contributed by atoms with Gasteiger partial charge in [-0.3, -0.25) is 4.79 Å². The van der Waals surface area contributed by atoms with Crippen molar-refractivity contribution in [3.8, 4) is 5.75 Å². The summed E-state index contributed by atoms with van der Waals surface area (Å²) in [7, 11) is 1.67. The normalized spacial score (nSPS) is 16.8. The van der Waals surface area contributed by atoms with Gasteiger partial charge in [-0.05, 0) is 29.7 Å². The number of ether oxygens (including phenoxy) is 1. The van der Waals surface area contributed by atoms with Crippen molar-refractivity contribution in [2.75, 3.05) is 18.6 Å². The molecule has 0 saturated carbocycles. The van der Waals surface area contributed by atoms with Crippen molar-refractivity contribution < 1.29 is 9.53 Å². The van der Waals surface area contributed by atoms with E-state index in [0.717, 1.165) is 36.3 Å². The highest BCUT2D eigenvalue weighted by Crippen LogP contribution is 2.40. The van der Waals surface area contributed by atoms with E-state index in [-0.39, 0.29) is 6.04 Å². The van der Waals surface area contributed by atoms with Gasteiger partial charge >= 0.3 is 0 Å². The maximum Gasteiger partial charge on any atom is 0.147 e. The molecule has 1 atom stereocenters. The van der Waals surface area contributed by atoms with E-state index in [0.29, 0.717) is 5.57 Å². The summed E-state index contributed by atoms with van der Waals surface area (Å²) in [6.07, 6.45) is 1.80. The van der Waals surface area contributed by atoms with Gasteiger partial charge in [0.25, 0.3) is 0 Å². The number of carbonyl (C=O) groups is 1. The lowest BCUT2D eigenvalue weighted by Gasteiger charge is -2.39. The van der Waals surface area contributed by atoms with E-state index in [1.807, 2.05) is 36.4 Å². The largest absolute Gasteiger partial charge is 0.495 e. The molecule has 1 aliphatic heterocycles. The minimum Gasteiger partial charge on any atom is -0.495 e.